The van der Waals surface area contributed by atoms with Crippen LogP contribution in [-0.4, -0.2) is 15.4 Å². The molecule has 3 heteroatoms. The van der Waals surface area contributed by atoms with Crippen LogP contribution in [0.1, 0.15) is 17.0 Å². The standard InChI is InChI=1S/C17H17ClN2/c1-12-4-3-5-14(10-12)20-16-7-6-13(2)11-15(16)19-17(20)8-9-18/h3-7,10-11H,8-9H2,1-2H3. The van der Waals surface area contributed by atoms with Crippen molar-refractivity contribution in [3.63, 3.8) is 0 Å². The number of hydrogen-bond acceptors (Lipinski definition) is 1. The Morgan fingerprint density at radius 3 is 2.60 bits per heavy atom. The van der Waals surface area contributed by atoms with Crippen molar-refractivity contribution in [3.8, 4) is 5.69 Å². The highest BCUT2D eigenvalue weighted by Gasteiger charge is 2.12. The van der Waals surface area contributed by atoms with Crippen LogP contribution in [0, 0.1) is 13.8 Å². The normalized spacial score (nSPS) is 11.2. The van der Waals surface area contributed by atoms with Gasteiger partial charge in [0, 0.05) is 18.0 Å². The van der Waals surface area contributed by atoms with Crippen LogP contribution < -0.4 is 0 Å². The smallest absolute Gasteiger partial charge is 0.115 e. The first kappa shape index (κ1) is 13.2. The Balaban J connectivity index is 2.28. The fraction of sp³-hybridized carbons (Fsp3) is 0.235. The summed E-state index contributed by atoms with van der Waals surface area (Å²) in [6.07, 6.45) is 0.767. The van der Waals surface area contributed by atoms with Crippen LogP contribution in [0.25, 0.3) is 16.7 Å². The summed E-state index contributed by atoms with van der Waals surface area (Å²) in [5.74, 6) is 1.60. The van der Waals surface area contributed by atoms with Crippen molar-refractivity contribution in [1.29, 1.82) is 0 Å². The molecule has 0 unspecified atom stereocenters. The van der Waals surface area contributed by atoms with E-state index in [1.165, 1.54) is 11.1 Å². The van der Waals surface area contributed by atoms with Crippen LogP contribution in [-0.2, 0) is 6.42 Å². The number of aryl methyl sites for hydroxylation is 3. The Morgan fingerprint density at radius 1 is 1.05 bits per heavy atom. The van der Waals surface area contributed by atoms with Gasteiger partial charge in [0.15, 0.2) is 0 Å². The lowest BCUT2D eigenvalue weighted by Gasteiger charge is -2.09. The molecule has 0 amide bonds. The molecule has 2 aromatic carbocycles. The topological polar surface area (TPSA) is 17.8 Å². The Labute approximate surface area is 124 Å². The number of fused-ring (bicyclic) bond motifs is 1. The maximum absolute atomic E-state index is 5.93. The molecule has 0 bridgehead atoms. The molecule has 0 spiro atoms. The predicted octanol–water partition coefficient (Wildman–Crippen LogP) is 4.42. The predicted molar refractivity (Wildman–Crippen MR) is 85.0 cm³/mol. The molecule has 0 saturated carbocycles. The van der Waals surface area contributed by atoms with E-state index in [2.05, 4.69) is 60.9 Å². The third kappa shape index (κ3) is 2.32. The summed E-state index contributed by atoms with van der Waals surface area (Å²) in [5.41, 5.74) is 5.79. The molecule has 2 nitrogen and oxygen atoms in total. The lowest BCUT2D eigenvalue weighted by Crippen LogP contribution is -2.02. The van der Waals surface area contributed by atoms with Gasteiger partial charge >= 0.3 is 0 Å². The van der Waals surface area contributed by atoms with Gasteiger partial charge in [0.05, 0.1) is 11.0 Å². The highest BCUT2D eigenvalue weighted by atomic mass is 35.5. The molecule has 3 aromatic rings. The molecule has 20 heavy (non-hydrogen) atoms. The summed E-state index contributed by atoms with van der Waals surface area (Å²) in [4.78, 5) is 4.75. The van der Waals surface area contributed by atoms with Crippen molar-refractivity contribution in [1.82, 2.24) is 9.55 Å². The van der Waals surface area contributed by atoms with Gasteiger partial charge in [-0.15, -0.1) is 11.6 Å². The number of alkyl halides is 1. The minimum Gasteiger partial charge on any atom is -0.296 e. The summed E-state index contributed by atoms with van der Waals surface area (Å²) >= 11 is 5.93. The Morgan fingerprint density at radius 2 is 1.85 bits per heavy atom. The third-order valence-corrected chi connectivity index (χ3v) is 3.65. The second-order valence-electron chi connectivity index (χ2n) is 5.13. The van der Waals surface area contributed by atoms with E-state index in [9.17, 15) is 0 Å². The third-order valence-electron chi connectivity index (χ3n) is 3.46. The summed E-state index contributed by atoms with van der Waals surface area (Å²) in [6, 6.07) is 14.9. The van der Waals surface area contributed by atoms with E-state index in [1.54, 1.807) is 0 Å². The van der Waals surface area contributed by atoms with Gasteiger partial charge < -0.3 is 0 Å². The van der Waals surface area contributed by atoms with Gasteiger partial charge in [-0.2, -0.15) is 0 Å². The number of halogens is 1. The average Bonchev–Trinajstić information content (AvgIpc) is 2.76. The van der Waals surface area contributed by atoms with E-state index in [1.807, 2.05) is 0 Å². The molecule has 1 heterocycles. The van der Waals surface area contributed by atoms with E-state index >= 15 is 0 Å². The summed E-state index contributed by atoms with van der Waals surface area (Å²) in [6.45, 7) is 4.19. The molecule has 0 aliphatic rings. The van der Waals surface area contributed by atoms with Gasteiger partial charge in [-0.3, -0.25) is 4.57 Å². The maximum atomic E-state index is 5.93. The molecule has 0 saturated heterocycles. The van der Waals surface area contributed by atoms with Crippen LogP contribution in [0.3, 0.4) is 0 Å². The zero-order valence-corrected chi connectivity index (χ0v) is 12.5. The number of benzene rings is 2. The molecule has 1 aromatic heterocycles. The summed E-state index contributed by atoms with van der Waals surface area (Å²) in [5, 5.41) is 0. The number of rotatable bonds is 3. The second kappa shape index (κ2) is 5.29. The molecule has 0 atom stereocenters. The molecular formula is C17H17ClN2. The van der Waals surface area contributed by atoms with Crippen LogP contribution in [0.2, 0.25) is 0 Å². The van der Waals surface area contributed by atoms with Crippen molar-refractivity contribution in [3.05, 3.63) is 59.4 Å². The second-order valence-corrected chi connectivity index (χ2v) is 5.51. The van der Waals surface area contributed by atoms with E-state index in [0.29, 0.717) is 5.88 Å². The average molecular weight is 285 g/mol. The molecule has 0 fully saturated rings. The number of nitrogens with zero attached hydrogens (tertiary/aromatic N) is 2. The minimum absolute atomic E-state index is 0.577. The van der Waals surface area contributed by atoms with Crippen molar-refractivity contribution < 1.29 is 0 Å². The van der Waals surface area contributed by atoms with Crippen molar-refractivity contribution in [2.45, 2.75) is 20.3 Å². The highest BCUT2D eigenvalue weighted by molar-refractivity contribution is 6.17. The molecule has 0 aliphatic heterocycles. The SMILES string of the molecule is Cc1cccc(-n2c(CCCl)nc3cc(C)ccc32)c1. The quantitative estimate of drug-likeness (QED) is 0.651. The largest absolute Gasteiger partial charge is 0.296 e. The van der Waals surface area contributed by atoms with Gasteiger partial charge in [0.25, 0.3) is 0 Å². The number of imidazole rings is 1. The van der Waals surface area contributed by atoms with E-state index < -0.39 is 0 Å². The Hall–Kier alpha value is -1.80. The minimum atomic E-state index is 0.577. The van der Waals surface area contributed by atoms with Crippen LogP contribution in [0.5, 0.6) is 0 Å². The van der Waals surface area contributed by atoms with Gasteiger partial charge in [0.2, 0.25) is 0 Å². The van der Waals surface area contributed by atoms with Crippen molar-refractivity contribution >= 4 is 22.6 Å². The molecule has 0 aliphatic carbocycles. The monoisotopic (exact) mass is 284 g/mol. The fourth-order valence-electron chi connectivity index (χ4n) is 2.55. The van der Waals surface area contributed by atoms with Gasteiger partial charge in [-0.25, -0.2) is 4.98 Å². The van der Waals surface area contributed by atoms with Crippen LogP contribution in [0.4, 0.5) is 0 Å². The first-order valence-electron chi connectivity index (χ1n) is 6.80. The van der Waals surface area contributed by atoms with Gasteiger partial charge in [0.1, 0.15) is 5.82 Å². The Kier molecular flexibility index (Phi) is 3.49. The zero-order valence-electron chi connectivity index (χ0n) is 11.7. The summed E-state index contributed by atoms with van der Waals surface area (Å²) in [7, 11) is 0. The molecule has 3 rings (SSSR count). The van der Waals surface area contributed by atoms with Crippen molar-refractivity contribution in [2.24, 2.45) is 0 Å². The first-order chi connectivity index (χ1) is 9.69. The molecule has 102 valence electrons. The molecule has 0 N–H and O–H groups in total. The van der Waals surface area contributed by atoms with E-state index in [0.717, 1.165) is 29.0 Å². The van der Waals surface area contributed by atoms with Crippen molar-refractivity contribution in [2.75, 3.05) is 5.88 Å². The highest BCUT2D eigenvalue weighted by Crippen LogP contribution is 2.23. The fourth-order valence-corrected chi connectivity index (χ4v) is 2.72. The van der Waals surface area contributed by atoms with Crippen LogP contribution in [0.15, 0.2) is 42.5 Å². The lowest BCUT2D eigenvalue weighted by molar-refractivity contribution is 0.911. The Bertz CT molecular complexity index is 759. The molecular weight excluding hydrogens is 268 g/mol. The molecule has 0 radical (unpaired) electrons. The van der Waals surface area contributed by atoms with E-state index in [-0.39, 0.29) is 0 Å². The van der Waals surface area contributed by atoms with Crippen LogP contribution >= 0.6 is 11.6 Å². The zero-order chi connectivity index (χ0) is 14.1. The number of aromatic nitrogens is 2. The number of hydrogen-bond donors (Lipinski definition) is 0. The van der Waals surface area contributed by atoms with Gasteiger partial charge in [-0.05, 0) is 49.2 Å². The summed E-state index contributed by atoms with van der Waals surface area (Å²) < 4.78 is 2.21. The maximum Gasteiger partial charge on any atom is 0.115 e. The van der Waals surface area contributed by atoms with Gasteiger partial charge in [-0.1, -0.05) is 18.2 Å². The first-order valence-corrected chi connectivity index (χ1v) is 7.33. The van der Waals surface area contributed by atoms with E-state index in [4.69, 9.17) is 16.6 Å². The lowest BCUT2D eigenvalue weighted by atomic mass is 10.2.